The molecule has 4 rings (SSSR count). The van der Waals surface area contributed by atoms with E-state index in [0.29, 0.717) is 12.8 Å². The number of piperidine rings is 2. The van der Waals surface area contributed by atoms with Crippen LogP contribution in [0.25, 0.3) is 11.0 Å². The largest absolute Gasteiger partial charge is 0.481 e. The highest BCUT2D eigenvalue weighted by Crippen LogP contribution is 2.32. The number of fused-ring (bicyclic) bond motifs is 1. The Morgan fingerprint density at radius 2 is 1.40 bits per heavy atom. The fourth-order valence-corrected chi connectivity index (χ4v) is 3.85. The summed E-state index contributed by atoms with van der Waals surface area (Å²) in [5, 5.41) is 9.24. The molecule has 2 aliphatic heterocycles. The van der Waals surface area contributed by atoms with E-state index in [2.05, 4.69) is 9.80 Å². The van der Waals surface area contributed by atoms with E-state index < -0.39 is 5.97 Å². The lowest BCUT2D eigenvalue weighted by Gasteiger charge is -2.35. The van der Waals surface area contributed by atoms with Gasteiger partial charge in [-0.2, -0.15) is 0 Å². The van der Waals surface area contributed by atoms with E-state index in [1.807, 2.05) is 24.3 Å². The number of aliphatic carboxylic acids is 1. The van der Waals surface area contributed by atoms with Gasteiger partial charge in [0, 0.05) is 26.2 Å². The second-order valence-electron chi connectivity index (χ2n) is 7.01. The first-order valence-corrected chi connectivity index (χ1v) is 9.22. The summed E-state index contributed by atoms with van der Waals surface area (Å²) in [5.74, 6) is 0.972. The Balaban J connectivity index is 1.69. The SMILES string of the molecule is O=C(O)C1CCN(c2nc3ccccc3nc2N2CCCCC2)CC1. The number of rotatable bonds is 3. The van der Waals surface area contributed by atoms with Crippen molar-refractivity contribution in [2.45, 2.75) is 32.1 Å². The maximum absolute atomic E-state index is 11.2. The molecule has 25 heavy (non-hydrogen) atoms. The van der Waals surface area contributed by atoms with Gasteiger partial charge < -0.3 is 14.9 Å². The lowest BCUT2D eigenvalue weighted by molar-refractivity contribution is -0.142. The Hall–Kier alpha value is -2.37. The van der Waals surface area contributed by atoms with Crippen molar-refractivity contribution in [3.8, 4) is 0 Å². The summed E-state index contributed by atoms with van der Waals surface area (Å²) < 4.78 is 0. The maximum atomic E-state index is 11.2. The van der Waals surface area contributed by atoms with E-state index >= 15 is 0 Å². The molecule has 2 aliphatic rings. The molecule has 0 amide bonds. The second-order valence-corrected chi connectivity index (χ2v) is 7.01. The Morgan fingerprint density at radius 1 is 0.880 bits per heavy atom. The third-order valence-electron chi connectivity index (χ3n) is 5.33. The summed E-state index contributed by atoms with van der Waals surface area (Å²) in [6.07, 6.45) is 4.99. The van der Waals surface area contributed by atoms with Crippen LogP contribution in [0.2, 0.25) is 0 Å². The number of carboxylic acids is 1. The zero-order valence-corrected chi connectivity index (χ0v) is 14.4. The van der Waals surface area contributed by atoms with Crippen LogP contribution in [0.15, 0.2) is 24.3 Å². The average molecular weight is 340 g/mol. The van der Waals surface area contributed by atoms with Crippen molar-refractivity contribution in [3.05, 3.63) is 24.3 Å². The molecule has 2 aromatic rings. The molecule has 0 spiro atoms. The van der Waals surface area contributed by atoms with Crippen LogP contribution in [0, 0.1) is 5.92 Å². The molecule has 0 saturated carbocycles. The van der Waals surface area contributed by atoms with Gasteiger partial charge in [0.15, 0.2) is 11.6 Å². The second kappa shape index (κ2) is 6.86. The molecule has 1 N–H and O–H groups in total. The molecular weight excluding hydrogens is 316 g/mol. The maximum Gasteiger partial charge on any atom is 0.306 e. The van der Waals surface area contributed by atoms with E-state index in [0.717, 1.165) is 48.8 Å². The number of carboxylic acid groups (broad SMARTS) is 1. The normalized spacial score (nSPS) is 19.4. The van der Waals surface area contributed by atoms with Crippen molar-refractivity contribution in [1.82, 2.24) is 9.97 Å². The highest BCUT2D eigenvalue weighted by atomic mass is 16.4. The van der Waals surface area contributed by atoms with Gasteiger partial charge in [-0.15, -0.1) is 0 Å². The smallest absolute Gasteiger partial charge is 0.306 e. The van der Waals surface area contributed by atoms with Gasteiger partial charge in [-0.3, -0.25) is 4.79 Å². The Bertz CT molecular complexity index is 765. The first kappa shape index (κ1) is 16.1. The van der Waals surface area contributed by atoms with Crippen LogP contribution in [0.3, 0.4) is 0 Å². The fraction of sp³-hybridized carbons (Fsp3) is 0.526. The van der Waals surface area contributed by atoms with Crippen molar-refractivity contribution in [2.75, 3.05) is 36.0 Å². The van der Waals surface area contributed by atoms with Crippen LogP contribution in [0.5, 0.6) is 0 Å². The van der Waals surface area contributed by atoms with Crippen LogP contribution < -0.4 is 9.80 Å². The predicted molar refractivity (Wildman–Crippen MR) is 98.2 cm³/mol. The lowest BCUT2D eigenvalue weighted by Crippen LogP contribution is -2.39. The molecule has 1 aromatic carbocycles. The van der Waals surface area contributed by atoms with E-state index in [1.54, 1.807) is 0 Å². The minimum absolute atomic E-state index is 0.233. The molecule has 0 unspecified atom stereocenters. The summed E-state index contributed by atoms with van der Waals surface area (Å²) in [5.41, 5.74) is 1.82. The van der Waals surface area contributed by atoms with Crippen LogP contribution in [0.1, 0.15) is 32.1 Å². The van der Waals surface area contributed by atoms with Crippen LogP contribution >= 0.6 is 0 Å². The van der Waals surface area contributed by atoms with Crippen molar-refractivity contribution in [2.24, 2.45) is 5.92 Å². The summed E-state index contributed by atoms with van der Waals surface area (Å²) in [6.45, 7) is 3.49. The fourth-order valence-electron chi connectivity index (χ4n) is 3.85. The zero-order chi connectivity index (χ0) is 17.2. The number of anilines is 2. The number of hydrogen-bond acceptors (Lipinski definition) is 5. The first-order valence-electron chi connectivity index (χ1n) is 9.22. The molecule has 0 radical (unpaired) electrons. The van der Waals surface area contributed by atoms with Gasteiger partial charge in [0.25, 0.3) is 0 Å². The molecule has 0 aliphatic carbocycles. The minimum Gasteiger partial charge on any atom is -0.481 e. The third-order valence-corrected chi connectivity index (χ3v) is 5.33. The van der Waals surface area contributed by atoms with Crippen LogP contribution in [0.4, 0.5) is 11.6 Å². The lowest BCUT2D eigenvalue weighted by atomic mass is 9.97. The van der Waals surface area contributed by atoms with Gasteiger partial charge in [-0.1, -0.05) is 12.1 Å². The first-order chi connectivity index (χ1) is 12.2. The molecule has 2 saturated heterocycles. The van der Waals surface area contributed by atoms with Gasteiger partial charge in [0.1, 0.15) is 0 Å². The molecular formula is C19H24N4O2. The van der Waals surface area contributed by atoms with Gasteiger partial charge in [-0.25, -0.2) is 9.97 Å². The standard InChI is InChI=1S/C19H24N4O2/c24-19(25)14-8-12-23(13-9-14)18-17(22-10-4-1-5-11-22)20-15-6-2-3-7-16(15)21-18/h2-3,6-7,14H,1,4-5,8-13H2,(H,24,25). The molecule has 0 bridgehead atoms. The molecule has 1 aromatic heterocycles. The Kier molecular flexibility index (Phi) is 4.42. The monoisotopic (exact) mass is 340 g/mol. The summed E-state index contributed by atoms with van der Waals surface area (Å²) >= 11 is 0. The van der Waals surface area contributed by atoms with Crippen molar-refractivity contribution >= 4 is 28.6 Å². The number of nitrogens with zero attached hydrogens (tertiary/aromatic N) is 4. The van der Waals surface area contributed by atoms with Crippen molar-refractivity contribution < 1.29 is 9.90 Å². The van der Waals surface area contributed by atoms with E-state index in [-0.39, 0.29) is 5.92 Å². The number of aromatic nitrogens is 2. The molecule has 6 nitrogen and oxygen atoms in total. The average Bonchev–Trinajstić information content (AvgIpc) is 2.68. The molecule has 2 fully saturated rings. The highest BCUT2D eigenvalue weighted by Gasteiger charge is 2.28. The molecule has 6 heteroatoms. The summed E-state index contributed by atoms with van der Waals surface area (Å²) in [4.78, 5) is 25.7. The van der Waals surface area contributed by atoms with E-state index in [4.69, 9.17) is 9.97 Å². The quantitative estimate of drug-likeness (QED) is 0.926. The molecule has 132 valence electrons. The number of carbonyl (C=O) groups is 1. The zero-order valence-electron chi connectivity index (χ0n) is 14.4. The van der Waals surface area contributed by atoms with Crippen molar-refractivity contribution in [3.63, 3.8) is 0 Å². The minimum atomic E-state index is -0.680. The Morgan fingerprint density at radius 3 is 1.92 bits per heavy atom. The number of hydrogen-bond donors (Lipinski definition) is 1. The third kappa shape index (κ3) is 3.25. The number of benzene rings is 1. The van der Waals surface area contributed by atoms with Gasteiger partial charge in [-0.05, 0) is 44.2 Å². The Labute approximate surface area is 147 Å². The highest BCUT2D eigenvalue weighted by molar-refractivity contribution is 5.81. The van der Waals surface area contributed by atoms with E-state index in [1.165, 1.54) is 19.3 Å². The summed E-state index contributed by atoms with van der Waals surface area (Å²) in [6, 6.07) is 7.99. The number of para-hydroxylation sites is 2. The van der Waals surface area contributed by atoms with Gasteiger partial charge in [0.05, 0.1) is 17.0 Å². The van der Waals surface area contributed by atoms with Crippen LogP contribution in [-0.4, -0.2) is 47.2 Å². The van der Waals surface area contributed by atoms with Crippen LogP contribution in [-0.2, 0) is 4.79 Å². The van der Waals surface area contributed by atoms with Gasteiger partial charge in [0.2, 0.25) is 0 Å². The summed E-state index contributed by atoms with van der Waals surface area (Å²) in [7, 11) is 0. The predicted octanol–water partition coefficient (Wildman–Crippen LogP) is 2.92. The molecule has 0 atom stereocenters. The topological polar surface area (TPSA) is 69.6 Å². The molecule has 3 heterocycles. The van der Waals surface area contributed by atoms with E-state index in [9.17, 15) is 9.90 Å². The van der Waals surface area contributed by atoms with Crippen molar-refractivity contribution in [1.29, 1.82) is 0 Å². The van der Waals surface area contributed by atoms with Gasteiger partial charge >= 0.3 is 5.97 Å².